The monoisotopic (exact) mass is 277 g/mol. The van der Waals surface area contributed by atoms with Gasteiger partial charge in [0.25, 0.3) is 0 Å². The maximum Gasteiger partial charge on any atom is 0.416 e. The van der Waals surface area contributed by atoms with Crippen LogP contribution in [0.15, 0.2) is 24.3 Å². The van der Waals surface area contributed by atoms with Crippen LogP contribution in [0.25, 0.3) is 0 Å². The number of nitrogens with one attached hydrogen (secondary N) is 1. The van der Waals surface area contributed by atoms with Gasteiger partial charge in [-0.1, -0.05) is 25.1 Å². The molecule has 0 saturated heterocycles. The molecule has 0 atom stereocenters. The molecule has 1 aromatic carbocycles. The molecule has 0 fully saturated rings. The lowest BCUT2D eigenvalue weighted by atomic mass is 10.1. The van der Waals surface area contributed by atoms with Gasteiger partial charge < -0.3 is 5.32 Å². The van der Waals surface area contributed by atoms with Crippen molar-refractivity contribution >= 4 is 11.8 Å². The smallest absolute Gasteiger partial charge is 0.313 e. The van der Waals surface area contributed by atoms with E-state index in [0.29, 0.717) is 12.1 Å². The number of benzene rings is 1. The molecule has 1 nitrogen and oxygen atoms in total. The van der Waals surface area contributed by atoms with E-state index in [4.69, 9.17) is 0 Å². The third-order valence-electron chi connectivity index (χ3n) is 2.43. The minimum absolute atomic E-state index is 0.487. The van der Waals surface area contributed by atoms with E-state index < -0.39 is 11.7 Å². The molecule has 102 valence electrons. The molecule has 0 spiro atoms. The zero-order valence-electron chi connectivity index (χ0n) is 10.4. The summed E-state index contributed by atoms with van der Waals surface area (Å²) in [5.74, 6) is 2.19. The average molecular weight is 277 g/mol. The third-order valence-corrected chi connectivity index (χ3v) is 3.42. The van der Waals surface area contributed by atoms with E-state index in [0.717, 1.165) is 30.5 Å². The number of hydrogen-bond acceptors (Lipinski definition) is 2. The molecule has 0 radical (unpaired) electrons. The Morgan fingerprint density at radius 2 is 2.06 bits per heavy atom. The summed E-state index contributed by atoms with van der Waals surface area (Å²) in [5.41, 5.74) is 0.0938. The second-order valence-corrected chi connectivity index (χ2v) is 5.32. The highest BCUT2D eigenvalue weighted by atomic mass is 32.2. The maximum atomic E-state index is 12.5. The van der Waals surface area contributed by atoms with Crippen LogP contribution in [0.4, 0.5) is 13.2 Å². The van der Waals surface area contributed by atoms with E-state index in [1.54, 1.807) is 6.07 Å². The van der Waals surface area contributed by atoms with Crippen molar-refractivity contribution in [3.05, 3.63) is 35.4 Å². The van der Waals surface area contributed by atoms with Crippen LogP contribution in [0.5, 0.6) is 0 Å². The lowest BCUT2D eigenvalue weighted by Crippen LogP contribution is -2.16. The summed E-state index contributed by atoms with van der Waals surface area (Å²) in [5, 5.41) is 3.16. The van der Waals surface area contributed by atoms with E-state index in [9.17, 15) is 13.2 Å². The largest absolute Gasteiger partial charge is 0.416 e. The molecule has 1 rings (SSSR count). The number of halogens is 3. The Morgan fingerprint density at radius 3 is 2.72 bits per heavy atom. The van der Waals surface area contributed by atoms with Crippen molar-refractivity contribution in [2.45, 2.75) is 26.1 Å². The van der Waals surface area contributed by atoms with Crippen molar-refractivity contribution in [3.63, 3.8) is 0 Å². The highest BCUT2D eigenvalue weighted by Crippen LogP contribution is 2.29. The van der Waals surface area contributed by atoms with Gasteiger partial charge in [-0.15, -0.1) is 0 Å². The van der Waals surface area contributed by atoms with Crippen LogP contribution >= 0.6 is 11.8 Å². The fraction of sp³-hybridized carbons (Fsp3) is 0.538. The normalized spacial score (nSPS) is 11.8. The first-order valence-corrected chi connectivity index (χ1v) is 7.14. The molecule has 0 bridgehead atoms. The third kappa shape index (κ3) is 5.78. The zero-order chi connectivity index (χ0) is 13.4. The molecule has 18 heavy (non-hydrogen) atoms. The first-order chi connectivity index (χ1) is 8.54. The van der Waals surface area contributed by atoms with E-state index in [1.165, 1.54) is 12.1 Å². The summed E-state index contributed by atoms with van der Waals surface area (Å²) in [6.07, 6.45) is -3.22. The summed E-state index contributed by atoms with van der Waals surface area (Å²) in [7, 11) is 0. The molecule has 0 aliphatic heterocycles. The first-order valence-electron chi connectivity index (χ1n) is 5.98. The number of rotatable bonds is 7. The van der Waals surface area contributed by atoms with Crippen molar-refractivity contribution in [2.24, 2.45) is 0 Å². The van der Waals surface area contributed by atoms with Crippen LogP contribution in [0.2, 0.25) is 0 Å². The second kappa shape index (κ2) is 7.69. The number of hydrogen-bond donors (Lipinski definition) is 1. The highest BCUT2D eigenvalue weighted by Gasteiger charge is 2.30. The van der Waals surface area contributed by atoms with Gasteiger partial charge in [0.05, 0.1) is 5.56 Å². The molecular formula is C13H18F3NS. The maximum absolute atomic E-state index is 12.5. The van der Waals surface area contributed by atoms with Gasteiger partial charge in [0, 0.05) is 6.54 Å². The molecule has 0 heterocycles. The van der Waals surface area contributed by atoms with Gasteiger partial charge in [-0.3, -0.25) is 0 Å². The minimum Gasteiger partial charge on any atom is -0.313 e. The second-order valence-electron chi connectivity index (χ2n) is 3.93. The summed E-state index contributed by atoms with van der Waals surface area (Å²) in [6.45, 7) is 3.44. The Balaban J connectivity index is 2.34. The van der Waals surface area contributed by atoms with Crippen LogP contribution in [-0.2, 0) is 12.7 Å². The standard InChI is InChI=1S/C13H18F3NS/c1-2-18-8-4-7-17-10-11-5-3-6-12(9-11)13(14,15)16/h3,5-6,9,17H,2,4,7-8,10H2,1H3. The molecule has 1 N–H and O–H groups in total. The number of thioether (sulfide) groups is 1. The Hall–Kier alpha value is -0.680. The van der Waals surface area contributed by atoms with Gasteiger partial charge >= 0.3 is 6.18 Å². The summed E-state index contributed by atoms with van der Waals surface area (Å²) < 4.78 is 37.4. The van der Waals surface area contributed by atoms with Crippen molar-refractivity contribution < 1.29 is 13.2 Å². The molecule has 0 amide bonds. The van der Waals surface area contributed by atoms with E-state index in [-0.39, 0.29) is 0 Å². The molecule has 0 aliphatic rings. The van der Waals surface area contributed by atoms with Crippen molar-refractivity contribution in [3.8, 4) is 0 Å². The topological polar surface area (TPSA) is 12.0 Å². The van der Waals surface area contributed by atoms with Crippen molar-refractivity contribution in [2.75, 3.05) is 18.1 Å². The SMILES string of the molecule is CCSCCCNCc1cccc(C(F)(F)F)c1. The Labute approximate surface area is 110 Å². The van der Waals surface area contributed by atoms with E-state index in [1.807, 2.05) is 11.8 Å². The first kappa shape index (κ1) is 15.4. The highest BCUT2D eigenvalue weighted by molar-refractivity contribution is 7.99. The van der Waals surface area contributed by atoms with Crippen LogP contribution in [-0.4, -0.2) is 18.1 Å². The van der Waals surface area contributed by atoms with Gasteiger partial charge in [-0.2, -0.15) is 24.9 Å². The van der Waals surface area contributed by atoms with Crippen LogP contribution in [0, 0.1) is 0 Å². The minimum atomic E-state index is -4.26. The lowest BCUT2D eigenvalue weighted by Gasteiger charge is -2.09. The van der Waals surface area contributed by atoms with E-state index >= 15 is 0 Å². The van der Waals surface area contributed by atoms with Crippen LogP contribution in [0.3, 0.4) is 0 Å². The van der Waals surface area contributed by atoms with Crippen LogP contribution < -0.4 is 5.32 Å². The van der Waals surface area contributed by atoms with Gasteiger partial charge in [0.2, 0.25) is 0 Å². The Morgan fingerprint density at radius 1 is 1.28 bits per heavy atom. The molecule has 0 aliphatic carbocycles. The summed E-state index contributed by atoms with van der Waals surface area (Å²) in [4.78, 5) is 0. The van der Waals surface area contributed by atoms with Gasteiger partial charge in [-0.25, -0.2) is 0 Å². The van der Waals surface area contributed by atoms with Crippen LogP contribution in [0.1, 0.15) is 24.5 Å². The lowest BCUT2D eigenvalue weighted by molar-refractivity contribution is -0.137. The molecule has 0 unspecified atom stereocenters. The number of alkyl halides is 3. The van der Waals surface area contributed by atoms with Gasteiger partial charge in [0.15, 0.2) is 0 Å². The predicted molar refractivity (Wildman–Crippen MR) is 70.8 cm³/mol. The Kier molecular flexibility index (Phi) is 6.57. The van der Waals surface area contributed by atoms with E-state index in [2.05, 4.69) is 12.2 Å². The fourth-order valence-corrected chi connectivity index (χ4v) is 2.17. The predicted octanol–water partition coefficient (Wildman–Crippen LogP) is 3.94. The molecule has 0 aromatic heterocycles. The summed E-state index contributed by atoms with van der Waals surface area (Å²) in [6, 6.07) is 5.46. The summed E-state index contributed by atoms with van der Waals surface area (Å²) >= 11 is 1.87. The molecule has 5 heteroatoms. The average Bonchev–Trinajstić information content (AvgIpc) is 2.33. The molecular weight excluding hydrogens is 259 g/mol. The van der Waals surface area contributed by atoms with Gasteiger partial charge in [-0.05, 0) is 36.1 Å². The Bertz CT molecular complexity index is 352. The van der Waals surface area contributed by atoms with Crippen molar-refractivity contribution in [1.82, 2.24) is 5.32 Å². The quantitative estimate of drug-likeness (QED) is 0.758. The molecule has 1 aromatic rings. The van der Waals surface area contributed by atoms with Crippen molar-refractivity contribution in [1.29, 1.82) is 0 Å². The fourth-order valence-electron chi connectivity index (χ4n) is 1.53. The van der Waals surface area contributed by atoms with Gasteiger partial charge in [0.1, 0.15) is 0 Å². The zero-order valence-corrected chi connectivity index (χ0v) is 11.2. The molecule has 0 saturated carbocycles.